The van der Waals surface area contributed by atoms with E-state index in [1.54, 1.807) is 0 Å². The summed E-state index contributed by atoms with van der Waals surface area (Å²) in [6.07, 6.45) is 1.78. The van der Waals surface area contributed by atoms with Gasteiger partial charge in [0.2, 0.25) is 5.91 Å². The molecule has 3 rings (SSSR count). The molecule has 1 amide bonds. The fourth-order valence-electron chi connectivity index (χ4n) is 2.59. The van der Waals surface area contributed by atoms with Gasteiger partial charge in [0.05, 0.1) is 12.2 Å². The maximum atomic E-state index is 11.3. The number of amides is 1. The highest BCUT2D eigenvalue weighted by Gasteiger charge is 2.22. The molecule has 2 aliphatic heterocycles. The highest BCUT2D eigenvalue weighted by molar-refractivity contribution is 5.93. The molecule has 1 saturated heterocycles. The van der Waals surface area contributed by atoms with Gasteiger partial charge in [0, 0.05) is 25.2 Å². The molecular weight excluding hydrogens is 228 g/mol. The van der Waals surface area contributed by atoms with Gasteiger partial charge in [0.25, 0.3) is 0 Å². The Hall–Kier alpha value is -1.39. The number of carbonyl (C=O) groups is 1. The molecule has 2 N–H and O–H groups in total. The number of anilines is 1. The van der Waals surface area contributed by atoms with Gasteiger partial charge >= 0.3 is 0 Å². The lowest BCUT2D eigenvalue weighted by Gasteiger charge is -2.30. The van der Waals surface area contributed by atoms with Crippen LogP contribution < -0.4 is 10.6 Å². The zero-order chi connectivity index (χ0) is 12.5. The third-order valence-electron chi connectivity index (χ3n) is 3.55. The number of ether oxygens (including phenoxy) is 1. The molecule has 96 valence electrons. The normalized spacial score (nSPS) is 27.5. The zero-order valence-electron chi connectivity index (χ0n) is 10.5. The van der Waals surface area contributed by atoms with E-state index in [9.17, 15) is 4.79 Å². The topological polar surface area (TPSA) is 50.4 Å². The van der Waals surface area contributed by atoms with Gasteiger partial charge < -0.3 is 15.4 Å². The van der Waals surface area contributed by atoms with Crippen LogP contribution >= 0.6 is 0 Å². The number of nitrogens with one attached hydrogen (secondary N) is 2. The van der Waals surface area contributed by atoms with Gasteiger partial charge in [-0.25, -0.2) is 0 Å². The maximum absolute atomic E-state index is 11.3. The van der Waals surface area contributed by atoms with E-state index in [1.165, 1.54) is 11.1 Å². The van der Waals surface area contributed by atoms with E-state index in [0.29, 0.717) is 6.42 Å². The molecule has 2 atom stereocenters. The van der Waals surface area contributed by atoms with Gasteiger partial charge in [-0.2, -0.15) is 0 Å². The summed E-state index contributed by atoms with van der Waals surface area (Å²) in [6.45, 7) is 3.85. The lowest BCUT2D eigenvalue weighted by Crippen LogP contribution is -2.38. The molecule has 4 nitrogen and oxygen atoms in total. The molecule has 2 unspecified atom stereocenters. The first kappa shape index (κ1) is 11.7. The van der Waals surface area contributed by atoms with Crippen LogP contribution in [0.4, 0.5) is 5.69 Å². The number of morpholine rings is 1. The van der Waals surface area contributed by atoms with Crippen molar-refractivity contribution < 1.29 is 9.53 Å². The van der Waals surface area contributed by atoms with Crippen molar-refractivity contribution in [1.82, 2.24) is 5.32 Å². The van der Waals surface area contributed by atoms with Crippen molar-refractivity contribution in [2.45, 2.75) is 32.0 Å². The molecule has 4 heteroatoms. The summed E-state index contributed by atoms with van der Waals surface area (Å²) >= 11 is 0. The largest absolute Gasteiger partial charge is 0.368 e. The summed E-state index contributed by atoms with van der Waals surface area (Å²) in [4.78, 5) is 11.3. The Morgan fingerprint density at radius 1 is 1.28 bits per heavy atom. The molecule has 0 bridgehead atoms. The van der Waals surface area contributed by atoms with Crippen molar-refractivity contribution in [1.29, 1.82) is 0 Å². The molecule has 0 spiro atoms. The average molecular weight is 246 g/mol. The molecular formula is C14H18N2O2. The van der Waals surface area contributed by atoms with Crippen LogP contribution in [0.3, 0.4) is 0 Å². The van der Waals surface area contributed by atoms with Gasteiger partial charge in [0.15, 0.2) is 0 Å². The van der Waals surface area contributed by atoms with Crippen molar-refractivity contribution in [2.24, 2.45) is 0 Å². The van der Waals surface area contributed by atoms with E-state index in [-0.39, 0.29) is 18.1 Å². The molecule has 1 fully saturated rings. The summed E-state index contributed by atoms with van der Waals surface area (Å²) in [5.74, 6) is 0.111. The van der Waals surface area contributed by atoms with Crippen LogP contribution in [0.25, 0.3) is 0 Å². The van der Waals surface area contributed by atoms with Gasteiger partial charge in [-0.1, -0.05) is 12.1 Å². The standard InChI is InChI=1S/C14H18N2O2/c1-9-7-15-8-13(18-9)11-2-4-12-10(6-11)3-5-14(17)16-12/h2,4,6,9,13,15H,3,5,7-8H2,1H3,(H,16,17). The molecule has 18 heavy (non-hydrogen) atoms. The highest BCUT2D eigenvalue weighted by atomic mass is 16.5. The van der Waals surface area contributed by atoms with Gasteiger partial charge in [0.1, 0.15) is 0 Å². The van der Waals surface area contributed by atoms with Gasteiger partial charge in [-0.15, -0.1) is 0 Å². The number of hydrogen-bond acceptors (Lipinski definition) is 3. The minimum absolute atomic E-state index is 0.111. The summed E-state index contributed by atoms with van der Waals surface area (Å²) in [5, 5.41) is 6.28. The summed E-state index contributed by atoms with van der Waals surface area (Å²) in [6, 6.07) is 6.21. The lowest BCUT2D eigenvalue weighted by molar-refractivity contribution is -0.116. The summed E-state index contributed by atoms with van der Waals surface area (Å²) in [5.41, 5.74) is 3.37. The van der Waals surface area contributed by atoms with Crippen LogP contribution in [0.1, 0.15) is 30.6 Å². The van der Waals surface area contributed by atoms with E-state index < -0.39 is 0 Å². The quantitative estimate of drug-likeness (QED) is 0.791. The minimum atomic E-state index is 0.111. The summed E-state index contributed by atoms with van der Waals surface area (Å²) in [7, 11) is 0. The summed E-state index contributed by atoms with van der Waals surface area (Å²) < 4.78 is 5.93. The van der Waals surface area contributed by atoms with E-state index >= 15 is 0 Å². The Labute approximate surface area is 107 Å². The number of benzene rings is 1. The molecule has 1 aromatic rings. The van der Waals surface area contributed by atoms with Crippen LogP contribution in [0.5, 0.6) is 0 Å². The number of aryl methyl sites for hydroxylation is 1. The Morgan fingerprint density at radius 3 is 3.00 bits per heavy atom. The smallest absolute Gasteiger partial charge is 0.224 e. The van der Waals surface area contributed by atoms with E-state index in [1.807, 2.05) is 6.07 Å². The number of carbonyl (C=O) groups excluding carboxylic acids is 1. The first-order valence-corrected chi connectivity index (χ1v) is 6.51. The molecule has 0 aromatic heterocycles. The first-order valence-electron chi connectivity index (χ1n) is 6.51. The number of hydrogen-bond donors (Lipinski definition) is 2. The van der Waals surface area contributed by atoms with E-state index in [4.69, 9.17) is 4.74 Å². The minimum Gasteiger partial charge on any atom is -0.368 e. The Balaban J connectivity index is 1.83. The second-order valence-electron chi connectivity index (χ2n) is 5.06. The molecule has 2 heterocycles. The van der Waals surface area contributed by atoms with Crippen molar-refractivity contribution in [3.05, 3.63) is 29.3 Å². The fourth-order valence-corrected chi connectivity index (χ4v) is 2.59. The van der Waals surface area contributed by atoms with Crippen LogP contribution in [0, 0.1) is 0 Å². The second kappa shape index (κ2) is 4.71. The fraction of sp³-hybridized carbons (Fsp3) is 0.500. The Morgan fingerprint density at radius 2 is 2.17 bits per heavy atom. The van der Waals surface area contributed by atoms with Crippen LogP contribution in [0.2, 0.25) is 0 Å². The molecule has 0 saturated carbocycles. The van der Waals surface area contributed by atoms with Crippen molar-refractivity contribution in [3.63, 3.8) is 0 Å². The van der Waals surface area contributed by atoms with E-state index in [0.717, 1.165) is 25.2 Å². The lowest BCUT2D eigenvalue weighted by atomic mass is 9.97. The molecule has 2 aliphatic rings. The van der Waals surface area contributed by atoms with Crippen LogP contribution in [-0.4, -0.2) is 25.1 Å². The van der Waals surface area contributed by atoms with E-state index in [2.05, 4.69) is 29.7 Å². The maximum Gasteiger partial charge on any atom is 0.224 e. The van der Waals surface area contributed by atoms with Gasteiger partial charge in [-0.3, -0.25) is 4.79 Å². The number of fused-ring (bicyclic) bond motifs is 1. The predicted molar refractivity (Wildman–Crippen MR) is 69.6 cm³/mol. The Bertz CT molecular complexity index is 473. The van der Waals surface area contributed by atoms with Crippen molar-refractivity contribution in [3.8, 4) is 0 Å². The zero-order valence-corrected chi connectivity index (χ0v) is 10.5. The third-order valence-corrected chi connectivity index (χ3v) is 3.55. The number of rotatable bonds is 1. The monoisotopic (exact) mass is 246 g/mol. The van der Waals surface area contributed by atoms with Crippen LogP contribution in [-0.2, 0) is 16.0 Å². The highest BCUT2D eigenvalue weighted by Crippen LogP contribution is 2.28. The first-order chi connectivity index (χ1) is 8.72. The van der Waals surface area contributed by atoms with Crippen molar-refractivity contribution >= 4 is 11.6 Å². The second-order valence-corrected chi connectivity index (χ2v) is 5.06. The molecule has 0 radical (unpaired) electrons. The van der Waals surface area contributed by atoms with Gasteiger partial charge in [-0.05, 0) is 30.5 Å². The molecule has 1 aromatic carbocycles. The SMILES string of the molecule is CC1CNCC(c2ccc3c(c2)CCC(=O)N3)O1. The Kier molecular flexibility index (Phi) is 3.06. The average Bonchev–Trinajstić information content (AvgIpc) is 2.38. The van der Waals surface area contributed by atoms with Crippen LogP contribution in [0.15, 0.2) is 18.2 Å². The third kappa shape index (κ3) is 2.26. The predicted octanol–water partition coefficient (Wildman–Crippen LogP) is 1.62. The molecule has 0 aliphatic carbocycles. The van der Waals surface area contributed by atoms with Crippen molar-refractivity contribution in [2.75, 3.05) is 18.4 Å².